The molecule has 0 spiro atoms. The number of hydrogen-bond acceptors (Lipinski definition) is 12. The van der Waals surface area contributed by atoms with E-state index in [9.17, 15) is 38.9 Å². The molecule has 0 saturated carbocycles. The first-order chi connectivity index (χ1) is 33.6. The van der Waals surface area contributed by atoms with Crippen LogP contribution in [0.4, 0.5) is 0 Å². The number of carbonyl (C=O) groups is 2. The van der Waals surface area contributed by atoms with E-state index in [0.29, 0.717) is 32.1 Å². The van der Waals surface area contributed by atoms with Crippen LogP contribution in [-0.2, 0) is 41.8 Å². The van der Waals surface area contributed by atoms with Gasteiger partial charge in [-0.3, -0.25) is 23.2 Å². The van der Waals surface area contributed by atoms with E-state index in [0.717, 1.165) is 38.0 Å². The third-order valence-corrected chi connectivity index (χ3v) is 12.8. The van der Waals surface area contributed by atoms with Crippen LogP contribution in [-0.4, -0.2) is 92.8 Å². The van der Waals surface area contributed by atoms with Gasteiger partial charge in [-0.15, -0.1) is 0 Å². The van der Waals surface area contributed by atoms with Crippen molar-refractivity contribution in [1.82, 2.24) is 0 Å². The smallest absolute Gasteiger partial charge is 0.462 e. The molecule has 0 heterocycles. The summed E-state index contributed by atoms with van der Waals surface area (Å²) in [5, 5.41) is 29.8. The molecule has 15 nitrogen and oxygen atoms in total. The molecule has 0 aromatic carbocycles. The van der Waals surface area contributed by atoms with Crippen LogP contribution in [0.15, 0.2) is 72.9 Å². The van der Waals surface area contributed by atoms with Gasteiger partial charge in [-0.2, -0.15) is 0 Å². The van der Waals surface area contributed by atoms with Crippen LogP contribution in [0.5, 0.6) is 0 Å². The third-order valence-electron chi connectivity index (χ3n) is 11.3. The van der Waals surface area contributed by atoms with Crippen molar-refractivity contribution < 1.29 is 71.8 Å². The maximum atomic E-state index is 12.8. The minimum Gasteiger partial charge on any atom is -0.462 e. The Kier molecular flexibility index (Phi) is 44.6. The Balaban J connectivity index is 4.59. The van der Waals surface area contributed by atoms with Gasteiger partial charge >= 0.3 is 27.6 Å². The van der Waals surface area contributed by atoms with E-state index in [1.165, 1.54) is 96.3 Å². The van der Waals surface area contributed by atoms with Gasteiger partial charge in [0.1, 0.15) is 12.7 Å². The summed E-state index contributed by atoms with van der Waals surface area (Å²) in [6, 6.07) is 0. The predicted molar refractivity (Wildman–Crippen MR) is 279 cm³/mol. The van der Waals surface area contributed by atoms with Crippen molar-refractivity contribution >= 4 is 27.6 Å². The van der Waals surface area contributed by atoms with E-state index in [4.69, 9.17) is 23.8 Å². The zero-order valence-corrected chi connectivity index (χ0v) is 44.8. The lowest BCUT2D eigenvalue weighted by Crippen LogP contribution is -2.30. The van der Waals surface area contributed by atoms with Crippen LogP contribution < -0.4 is 0 Å². The number of unbranched alkanes of at least 4 members (excludes halogenated alkanes) is 18. The molecule has 2 unspecified atom stereocenters. The molecule has 0 fully saturated rings. The first-order valence-electron chi connectivity index (χ1n) is 26.3. The quantitative estimate of drug-likeness (QED) is 0.0109. The summed E-state index contributed by atoms with van der Waals surface area (Å²) in [7, 11) is -9.76. The molecule has 0 radical (unpaired) electrons. The summed E-state index contributed by atoms with van der Waals surface area (Å²) in [6.45, 7) is 3.76. The van der Waals surface area contributed by atoms with Crippen LogP contribution in [0.2, 0.25) is 0 Å². The van der Waals surface area contributed by atoms with Crippen molar-refractivity contribution in [3.63, 3.8) is 0 Å². The summed E-state index contributed by atoms with van der Waals surface area (Å²) >= 11 is 0. The number of allylic oxidation sites excluding steroid dienone is 8. The first-order valence-corrected chi connectivity index (χ1v) is 29.3. The van der Waals surface area contributed by atoms with Gasteiger partial charge in [0.05, 0.1) is 32.0 Å². The van der Waals surface area contributed by atoms with Crippen LogP contribution in [0.25, 0.3) is 0 Å². The number of hydrogen-bond donors (Lipinski definition) is 6. The van der Waals surface area contributed by atoms with Crippen molar-refractivity contribution in [3.8, 4) is 0 Å². The monoisotopic (exact) mass is 1030 g/mol. The first kappa shape index (κ1) is 67.5. The zero-order chi connectivity index (χ0) is 52.0. The van der Waals surface area contributed by atoms with E-state index >= 15 is 0 Å². The fourth-order valence-electron chi connectivity index (χ4n) is 6.95. The van der Waals surface area contributed by atoms with Gasteiger partial charge < -0.3 is 39.5 Å². The van der Waals surface area contributed by atoms with Gasteiger partial charge in [0.15, 0.2) is 6.10 Å². The van der Waals surface area contributed by atoms with Crippen molar-refractivity contribution in [2.45, 2.75) is 219 Å². The molecule has 0 amide bonds. The number of rotatable bonds is 48. The molecule has 0 rings (SSSR count). The number of carbonyl (C=O) groups excluding carboxylic acids is 2. The summed E-state index contributed by atoms with van der Waals surface area (Å²) in [4.78, 5) is 53.0. The molecule has 0 saturated heterocycles. The maximum Gasteiger partial charge on any atom is 0.472 e. The molecule has 406 valence electrons. The number of phosphoric acid groups is 2. The molecule has 6 N–H and O–H groups in total. The van der Waals surface area contributed by atoms with Crippen molar-refractivity contribution in [1.29, 1.82) is 0 Å². The number of aliphatic hydroxyl groups is 3. The second-order valence-corrected chi connectivity index (χ2v) is 20.8. The number of aliphatic hydroxyl groups excluding tert-OH is 3. The molecule has 0 aliphatic heterocycles. The molecule has 0 bridgehead atoms. The third kappa shape index (κ3) is 49.1. The summed E-state index contributed by atoms with van der Waals surface area (Å²) < 4.78 is 47.9. The Labute approximate surface area is 421 Å². The lowest BCUT2D eigenvalue weighted by Gasteiger charge is -2.20. The molecular weight excluding hydrogens is 939 g/mol. The van der Waals surface area contributed by atoms with Gasteiger partial charge in [-0.25, -0.2) is 9.13 Å². The molecule has 6 atom stereocenters. The Morgan fingerprint density at radius 1 is 0.543 bits per heavy atom. The number of esters is 2. The highest BCUT2D eigenvalue weighted by Gasteiger charge is 2.28. The maximum absolute atomic E-state index is 12.8. The van der Waals surface area contributed by atoms with Gasteiger partial charge in [0.2, 0.25) is 0 Å². The molecule has 0 aliphatic carbocycles. The van der Waals surface area contributed by atoms with E-state index in [1.807, 2.05) is 49.5 Å². The molecule has 0 aromatic heterocycles. The minimum atomic E-state index is -4.89. The lowest BCUT2D eigenvalue weighted by atomic mass is 9.99. The molecule has 17 heteroatoms. The lowest BCUT2D eigenvalue weighted by molar-refractivity contribution is -0.161. The van der Waals surface area contributed by atoms with Crippen molar-refractivity contribution in [2.75, 3.05) is 26.4 Å². The van der Waals surface area contributed by atoms with Crippen LogP contribution in [0.1, 0.15) is 194 Å². The van der Waals surface area contributed by atoms with E-state index in [2.05, 4.69) is 22.9 Å². The second-order valence-electron chi connectivity index (χ2n) is 18.1. The van der Waals surface area contributed by atoms with Gasteiger partial charge in [0.25, 0.3) is 0 Å². The fraction of sp³-hybridized carbons (Fsp3) is 0.736. The van der Waals surface area contributed by atoms with Crippen LogP contribution in [0, 0.1) is 5.92 Å². The Morgan fingerprint density at radius 2 is 1.06 bits per heavy atom. The summed E-state index contributed by atoms with van der Waals surface area (Å²) in [5.74, 6) is -0.338. The molecule has 0 aliphatic rings. The highest BCUT2D eigenvalue weighted by Crippen LogP contribution is 2.44. The summed E-state index contributed by atoms with van der Waals surface area (Å²) in [5.41, 5.74) is 0. The predicted octanol–water partition coefficient (Wildman–Crippen LogP) is 12.3. The SMILES string of the molecule is CC/C=C\C[C@@H](O)/C=C/C=C\C/C=C\C=C\[C@@H](O)/C=C\CCCC(=O)OC[C@H](COP(=O)(O)OC[C@@H](O)COP(=O)(O)O)OC(=O)CCCCCCCCCCCCCCCCCCCCC(C)CC. The van der Waals surface area contributed by atoms with Gasteiger partial charge in [0, 0.05) is 12.8 Å². The minimum absolute atomic E-state index is 0.00728. The Hall–Kier alpha value is -2.52. The molecule has 0 aromatic rings. The fourth-order valence-corrected chi connectivity index (χ4v) is 8.10. The number of ether oxygens (including phenoxy) is 2. The van der Waals surface area contributed by atoms with E-state index in [-0.39, 0.29) is 12.8 Å². The number of phosphoric ester groups is 2. The average molecular weight is 1030 g/mol. The highest BCUT2D eigenvalue weighted by atomic mass is 31.2. The Bertz CT molecular complexity index is 1560. The molecular formula is C53H94O15P2. The van der Waals surface area contributed by atoms with Crippen molar-refractivity contribution in [2.24, 2.45) is 5.92 Å². The topological polar surface area (TPSA) is 236 Å². The molecule has 70 heavy (non-hydrogen) atoms. The highest BCUT2D eigenvalue weighted by molar-refractivity contribution is 7.47. The second kappa shape index (κ2) is 46.3. The normalized spacial score (nSPS) is 15.7. The Morgan fingerprint density at radius 3 is 1.61 bits per heavy atom. The van der Waals surface area contributed by atoms with Crippen molar-refractivity contribution in [3.05, 3.63) is 72.9 Å². The van der Waals surface area contributed by atoms with Crippen LogP contribution >= 0.6 is 15.6 Å². The standard InChI is InChI=1S/C53H94O15P2/c1-4-6-29-37-48(54)38-31-25-21-19-22-26-32-39-49(55)40-33-28-35-41-52(57)64-45-51(46-67-70(62,63)66-44-50(56)43-65-69(59,60)61)68-53(58)42-34-27-23-18-16-14-12-10-8-7-9-11-13-15-17-20-24-30-36-47(3)5-2/h6,21-22,25-26,29,31-33,38-40,47-51,54-56H,4-5,7-20,23-24,27-28,30,34-37,41-46H2,1-3H3,(H,62,63)(H2,59,60,61)/b25-21-,26-22-,29-6-,38-31+,39-32+,40-33-/t47?,48-,49-,50+,51-/m1/s1. The summed E-state index contributed by atoms with van der Waals surface area (Å²) in [6.07, 6.45) is 45.3. The zero-order valence-electron chi connectivity index (χ0n) is 43.0. The van der Waals surface area contributed by atoms with Gasteiger partial charge in [-0.05, 0) is 44.4 Å². The average Bonchev–Trinajstić information content (AvgIpc) is 3.31. The van der Waals surface area contributed by atoms with E-state index in [1.54, 1.807) is 30.4 Å². The largest absolute Gasteiger partial charge is 0.472 e. The van der Waals surface area contributed by atoms with Gasteiger partial charge in [-0.1, -0.05) is 216 Å². The van der Waals surface area contributed by atoms with E-state index < -0.39 is 78.4 Å². The van der Waals surface area contributed by atoms with Crippen LogP contribution in [0.3, 0.4) is 0 Å².